The third-order valence-electron chi connectivity index (χ3n) is 4.88. The van der Waals surface area contributed by atoms with Crippen molar-refractivity contribution in [3.63, 3.8) is 0 Å². The van der Waals surface area contributed by atoms with Crippen molar-refractivity contribution in [2.45, 2.75) is 26.0 Å². The van der Waals surface area contributed by atoms with Crippen LogP contribution in [0.3, 0.4) is 0 Å². The lowest BCUT2D eigenvalue weighted by molar-refractivity contribution is -0.140. The summed E-state index contributed by atoms with van der Waals surface area (Å²) in [6.07, 6.45) is -0.156. The van der Waals surface area contributed by atoms with Crippen molar-refractivity contribution < 1.29 is 18.7 Å². The van der Waals surface area contributed by atoms with Crippen molar-refractivity contribution >= 4 is 11.8 Å². The molecule has 7 heteroatoms. The number of amides is 2. The highest BCUT2D eigenvalue weighted by atomic mass is 19.1. The lowest BCUT2D eigenvalue weighted by Gasteiger charge is -2.38. The highest BCUT2D eigenvalue weighted by Gasteiger charge is 2.34. The lowest BCUT2D eigenvalue weighted by atomic mass is 10.1. The van der Waals surface area contributed by atoms with Gasteiger partial charge in [0.2, 0.25) is 5.91 Å². The summed E-state index contributed by atoms with van der Waals surface area (Å²) in [5.41, 5.74) is 0.863. The fourth-order valence-corrected chi connectivity index (χ4v) is 3.24. The smallest absolute Gasteiger partial charge is 0.254 e. The molecule has 2 aliphatic rings. The first-order valence-electron chi connectivity index (χ1n) is 8.66. The van der Waals surface area contributed by atoms with Gasteiger partial charge in [-0.05, 0) is 31.5 Å². The topological polar surface area (TPSA) is 61.9 Å². The maximum absolute atomic E-state index is 13.7. The van der Waals surface area contributed by atoms with Gasteiger partial charge in [0.1, 0.15) is 11.9 Å². The minimum atomic E-state index is -0.378. The molecule has 136 valence electrons. The third-order valence-corrected chi connectivity index (χ3v) is 4.88. The molecule has 2 heterocycles. The van der Waals surface area contributed by atoms with E-state index in [0.29, 0.717) is 50.5 Å². The SMILES string of the molecule is Cc1ccc(C(=O)N2CCN(C(=O)[C@H]3NCCO[C@@H]3C)CC2)cc1F. The van der Waals surface area contributed by atoms with E-state index in [9.17, 15) is 14.0 Å². The highest BCUT2D eigenvalue weighted by molar-refractivity contribution is 5.94. The average Bonchev–Trinajstić information content (AvgIpc) is 2.63. The Morgan fingerprint density at radius 2 is 1.88 bits per heavy atom. The molecule has 0 unspecified atom stereocenters. The van der Waals surface area contributed by atoms with Crippen LogP contribution < -0.4 is 5.32 Å². The van der Waals surface area contributed by atoms with E-state index >= 15 is 0 Å². The van der Waals surface area contributed by atoms with Crippen LogP contribution in [-0.4, -0.2) is 73.1 Å². The highest BCUT2D eigenvalue weighted by Crippen LogP contribution is 2.15. The second-order valence-electron chi connectivity index (χ2n) is 6.59. The van der Waals surface area contributed by atoms with Crippen LogP contribution in [0.2, 0.25) is 0 Å². The van der Waals surface area contributed by atoms with Crippen molar-refractivity contribution in [1.29, 1.82) is 0 Å². The predicted octanol–water partition coefficient (Wildman–Crippen LogP) is 0.795. The molecule has 1 aromatic rings. The Hall–Kier alpha value is -1.99. The summed E-state index contributed by atoms with van der Waals surface area (Å²) in [5.74, 6) is -0.559. The Balaban J connectivity index is 1.58. The fourth-order valence-electron chi connectivity index (χ4n) is 3.24. The van der Waals surface area contributed by atoms with E-state index in [1.807, 2.05) is 6.92 Å². The van der Waals surface area contributed by atoms with Gasteiger partial charge in [0.25, 0.3) is 5.91 Å². The molecule has 0 aliphatic carbocycles. The molecule has 1 aromatic carbocycles. The van der Waals surface area contributed by atoms with Crippen LogP contribution in [0.15, 0.2) is 18.2 Å². The summed E-state index contributed by atoms with van der Waals surface area (Å²) < 4.78 is 19.2. The number of carbonyl (C=O) groups is 2. The van der Waals surface area contributed by atoms with Gasteiger partial charge in [-0.25, -0.2) is 4.39 Å². The van der Waals surface area contributed by atoms with Gasteiger partial charge >= 0.3 is 0 Å². The van der Waals surface area contributed by atoms with Gasteiger partial charge in [0.05, 0.1) is 12.7 Å². The summed E-state index contributed by atoms with van der Waals surface area (Å²) in [6.45, 7) is 6.68. The molecule has 6 nitrogen and oxygen atoms in total. The largest absolute Gasteiger partial charge is 0.375 e. The molecule has 1 N–H and O–H groups in total. The number of hydrogen-bond donors (Lipinski definition) is 1. The van der Waals surface area contributed by atoms with Crippen LogP contribution in [0.25, 0.3) is 0 Å². The van der Waals surface area contributed by atoms with E-state index in [1.54, 1.807) is 28.9 Å². The first kappa shape index (κ1) is 17.8. The molecule has 3 rings (SSSR count). The Morgan fingerprint density at radius 3 is 2.52 bits per heavy atom. The van der Waals surface area contributed by atoms with Crippen molar-refractivity contribution in [2.75, 3.05) is 39.3 Å². The average molecular weight is 349 g/mol. The standard InChI is InChI=1S/C18H24FN3O3/c1-12-3-4-14(11-15(12)19)17(23)21-6-8-22(9-7-21)18(24)16-13(2)25-10-5-20-16/h3-4,11,13,16,20H,5-10H2,1-2H3/t13-,16+/m1/s1. The van der Waals surface area contributed by atoms with E-state index in [4.69, 9.17) is 4.74 Å². The maximum Gasteiger partial charge on any atom is 0.254 e. The molecule has 2 atom stereocenters. The number of nitrogens with zero attached hydrogens (tertiary/aromatic N) is 2. The van der Waals surface area contributed by atoms with Gasteiger partial charge in [-0.2, -0.15) is 0 Å². The molecule has 2 amide bonds. The Bertz CT molecular complexity index is 659. The van der Waals surface area contributed by atoms with Crippen molar-refractivity contribution in [3.05, 3.63) is 35.1 Å². The number of piperazine rings is 1. The van der Waals surface area contributed by atoms with Gasteiger partial charge in [0.15, 0.2) is 0 Å². The monoisotopic (exact) mass is 349 g/mol. The van der Waals surface area contributed by atoms with E-state index in [2.05, 4.69) is 5.32 Å². The number of rotatable bonds is 2. The molecule has 0 bridgehead atoms. The minimum absolute atomic E-state index is 0.0145. The normalized spacial score (nSPS) is 24.3. The number of morpholine rings is 1. The summed E-state index contributed by atoms with van der Waals surface area (Å²) in [6, 6.07) is 4.20. The first-order chi connectivity index (χ1) is 12.0. The fraction of sp³-hybridized carbons (Fsp3) is 0.556. The quantitative estimate of drug-likeness (QED) is 0.858. The zero-order valence-corrected chi connectivity index (χ0v) is 14.6. The zero-order chi connectivity index (χ0) is 18.0. The number of carbonyl (C=O) groups excluding carboxylic acids is 2. The summed E-state index contributed by atoms with van der Waals surface area (Å²) in [7, 11) is 0. The van der Waals surface area contributed by atoms with Crippen LogP contribution in [0.5, 0.6) is 0 Å². The van der Waals surface area contributed by atoms with Crippen LogP contribution in [0.4, 0.5) is 4.39 Å². The summed E-state index contributed by atoms with van der Waals surface area (Å²) in [5, 5.41) is 3.20. The number of halogens is 1. The Kier molecular flexibility index (Phi) is 5.34. The lowest BCUT2D eigenvalue weighted by Crippen LogP contribution is -2.60. The molecule has 2 saturated heterocycles. The van der Waals surface area contributed by atoms with E-state index in [-0.39, 0.29) is 29.8 Å². The number of aryl methyl sites for hydroxylation is 1. The van der Waals surface area contributed by atoms with E-state index < -0.39 is 0 Å². The molecule has 2 fully saturated rings. The zero-order valence-electron chi connectivity index (χ0n) is 14.6. The molecule has 0 saturated carbocycles. The van der Waals surface area contributed by atoms with Gasteiger partial charge in [-0.15, -0.1) is 0 Å². The molecule has 0 aromatic heterocycles. The summed E-state index contributed by atoms with van der Waals surface area (Å²) in [4.78, 5) is 28.6. The van der Waals surface area contributed by atoms with Crippen molar-refractivity contribution in [2.24, 2.45) is 0 Å². The number of nitrogens with one attached hydrogen (secondary N) is 1. The van der Waals surface area contributed by atoms with Gasteiger partial charge in [-0.3, -0.25) is 9.59 Å². The molecular weight excluding hydrogens is 325 g/mol. The molecule has 0 radical (unpaired) electrons. The number of benzene rings is 1. The molecule has 2 aliphatic heterocycles. The Morgan fingerprint density at radius 1 is 1.20 bits per heavy atom. The number of hydrogen-bond acceptors (Lipinski definition) is 4. The van der Waals surface area contributed by atoms with Gasteiger partial charge < -0.3 is 19.9 Å². The second kappa shape index (κ2) is 7.49. The molecule has 25 heavy (non-hydrogen) atoms. The van der Waals surface area contributed by atoms with Crippen LogP contribution in [0, 0.1) is 12.7 Å². The second-order valence-corrected chi connectivity index (χ2v) is 6.59. The van der Waals surface area contributed by atoms with Crippen LogP contribution >= 0.6 is 0 Å². The van der Waals surface area contributed by atoms with Gasteiger partial charge in [0, 0.05) is 38.3 Å². The van der Waals surface area contributed by atoms with Crippen LogP contribution in [-0.2, 0) is 9.53 Å². The molecule has 0 spiro atoms. The van der Waals surface area contributed by atoms with Crippen molar-refractivity contribution in [1.82, 2.24) is 15.1 Å². The number of ether oxygens (including phenoxy) is 1. The first-order valence-corrected chi connectivity index (χ1v) is 8.66. The van der Waals surface area contributed by atoms with Crippen LogP contribution in [0.1, 0.15) is 22.8 Å². The van der Waals surface area contributed by atoms with E-state index in [1.165, 1.54) is 6.07 Å². The molecular formula is C18H24FN3O3. The Labute approximate surface area is 146 Å². The van der Waals surface area contributed by atoms with Crippen molar-refractivity contribution in [3.8, 4) is 0 Å². The van der Waals surface area contributed by atoms with Gasteiger partial charge in [-0.1, -0.05) is 6.07 Å². The maximum atomic E-state index is 13.7. The predicted molar refractivity (Wildman–Crippen MR) is 90.8 cm³/mol. The third kappa shape index (κ3) is 3.82. The summed E-state index contributed by atoms with van der Waals surface area (Å²) >= 11 is 0. The van der Waals surface area contributed by atoms with E-state index in [0.717, 1.165) is 0 Å². The minimum Gasteiger partial charge on any atom is -0.375 e.